The van der Waals surface area contributed by atoms with Gasteiger partial charge in [-0.05, 0) is 19.4 Å². The Morgan fingerprint density at radius 2 is 2.00 bits per heavy atom. The summed E-state index contributed by atoms with van der Waals surface area (Å²) in [6.45, 7) is 8.28. The van der Waals surface area contributed by atoms with Crippen LogP contribution in [0.15, 0.2) is 0 Å². The van der Waals surface area contributed by atoms with Crippen molar-refractivity contribution in [1.82, 2.24) is 20.4 Å². The highest BCUT2D eigenvalue weighted by Crippen LogP contribution is 2.07. The van der Waals surface area contributed by atoms with Gasteiger partial charge in [0.15, 0.2) is 0 Å². The van der Waals surface area contributed by atoms with Crippen molar-refractivity contribution in [1.29, 1.82) is 0 Å². The van der Waals surface area contributed by atoms with E-state index < -0.39 is 0 Å². The van der Waals surface area contributed by atoms with E-state index in [9.17, 15) is 4.39 Å². The van der Waals surface area contributed by atoms with Crippen LogP contribution in [0, 0.1) is 0 Å². The van der Waals surface area contributed by atoms with Crippen LogP contribution < -0.4 is 10.6 Å². The summed E-state index contributed by atoms with van der Waals surface area (Å²) in [6.07, 6.45) is 2.09. The molecule has 2 fully saturated rings. The second kappa shape index (κ2) is 7.26. The minimum absolute atomic E-state index is 0.174. The van der Waals surface area contributed by atoms with Gasteiger partial charge in [-0.1, -0.05) is 0 Å². The first kappa shape index (κ1) is 13.2. The predicted octanol–water partition coefficient (Wildman–Crippen LogP) is -0.113. The van der Waals surface area contributed by atoms with Crippen LogP contribution in [0.3, 0.4) is 0 Å². The summed E-state index contributed by atoms with van der Waals surface area (Å²) in [6, 6.07) is 0. The molecule has 0 aromatic rings. The van der Waals surface area contributed by atoms with Crippen LogP contribution in [0.25, 0.3) is 0 Å². The number of rotatable bonds is 5. The van der Waals surface area contributed by atoms with Gasteiger partial charge in [-0.2, -0.15) is 0 Å². The van der Waals surface area contributed by atoms with Crippen molar-refractivity contribution in [3.63, 3.8) is 0 Å². The van der Waals surface area contributed by atoms with E-state index in [2.05, 4.69) is 20.4 Å². The van der Waals surface area contributed by atoms with Gasteiger partial charge in [-0.3, -0.25) is 9.29 Å². The zero-order valence-corrected chi connectivity index (χ0v) is 10.6. The van der Waals surface area contributed by atoms with Gasteiger partial charge in [0.25, 0.3) is 0 Å². The minimum Gasteiger partial charge on any atom is -0.312 e. The number of unbranched alkanes of at least 4 members (excludes halogenated alkanes) is 1. The van der Waals surface area contributed by atoms with E-state index in [1.54, 1.807) is 0 Å². The Morgan fingerprint density at radius 3 is 2.65 bits per heavy atom. The summed E-state index contributed by atoms with van der Waals surface area (Å²) >= 11 is 0. The van der Waals surface area contributed by atoms with Gasteiger partial charge >= 0.3 is 0 Å². The van der Waals surface area contributed by atoms with Crippen LogP contribution in [0.1, 0.15) is 12.8 Å². The van der Waals surface area contributed by atoms with Gasteiger partial charge in [0.2, 0.25) is 0 Å². The summed E-state index contributed by atoms with van der Waals surface area (Å²) < 4.78 is 12.0. The Balaban J connectivity index is 1.63. The van der Waals surface area contributed by atoms with Crippen molar-refractivity contribution in [2.45, 2.75) is 19.0 Å². The van der Waals surface area contributed by atoms with Crippen LogP contribution in [0.5, 0.6) is 0 Å². The van der Waals surface area contributed by atoms with Gasteiger partial charge in [-0.15, -0.1) is 0 Å². The van der Waals surface area contributed by atoms with Crippen molar-refractivity contribution in [3.8, 4) is 0 Å². The number of hydrogen-bond donors (Lipinski definition) is 1. The number of piperazine rings is 2. The molecule has 17 heavy (non-hydrogen) atoms. The highest BCUT2D eigenvalue weighted by Gasteiger charge is 2.25. The van der Waals surface area contributed by atoms with Crippen molar-refractivity contribution in [3.05, 3.63) is 0 Å². The van der Waals surface area contributed by atoms with Crippen LogP contribution >= 0.6 is 0 Å². The lowest BCUT2D eigenvalue weighted by atomic mass is 10.2. The fraction of sp³-hybridized carbons (Fsp3) is 1.00. The van der Waals surface area contributed by atoms with E-state index in [4.69, 9.17) is 0 Å². The molecule has 2 aliphatic rings. The number of alkyl halides is 1. The molecule has 1 atom stereocenters. The van der Waals surface area contributed by atoms with E-state index in [-0.39, 0.29) is 6.67 Å². The maximum Gasteiger partial charge on any atom is 0.0894 e. The molecule has 0 spiro atoms. The molecule has 5 heteroatoms. The van der Waals surface area contributed by atoms with E-state index in [0.717, 1.165) is 58.8 Å². The first-order valence-corrected chi connectivity index (χ1v) is 6.80. The van der Waals surface area contributed by atoms with E-state index in [1.807, 2.05) is 0 Å². The maximum absolute atomic E-state index is 12.0. The molecular formula is C12H24FN4. The van der Waals surface area contributed by atoms with Gasteiger partial charge in [0, 0.05) is 45.8 Å². The molecular weight excluding hydrogens is 219 g/mol. The molecule has 0 aliphatic carbocycles. The molecule has 2 rings (SSSR count). The predicted molar refractivity (Wildman–Crippen MR) is 66.9 cm³/mol. The van der Waals surface area contributed by atoms with E-state index >= 15 is 0 Å². The molecule has 0 aromatic heterocycles. The average Bonchev–Trinajstić information content (AvgIpc) is 2.41. The number of hydrogen-bond acceptors (Lipinski definition) is 3. The van der Waals surface area contributed by atoms with Crippen LogP contribution in [0.4, 0.5) is 4.39 Å². The Kier molecular flexibility index (Phi) is 5.64. The quantitative estimate of drug-likeness (QED) is 0.684. The first-order chi connectivity index (χ1) is 8.40. The first-order valence-electron chi connectivity index (χ1n) is 6.80. The summed E-state index contributed by atoms with van der Waals surface area (Å²) in [5.41, 5.74) is 0. The van der Waals surface area contributed by atoms with Gasteiger partial charge in [-0.25, -0.2) is 5.32 Å². The number of nitrogens with zero attached hydrogens (tertiary/aromatic N) is 3. The van der Waals surface area contributed by atoms with Crippen molar-refractivity contribution in [2.75, 3.05) is 59.0 Å². The molecule has 0 bridgehead atoms. The van der Waals surface area contributed by atoms with Crippen LogP contribution in [-0.4, -0.2) is 75.0 Å². The molecule has 2 saturated heterocycles. The lowest BCUT2D eigenvalue weighted by Gasteiger charge is -2.40. The Labute approximate surface area is 104 Å². The van der Waals surface area contributed by atoms with Crippen LogP contribution in [-0.2, 0) is 0 Å². The molecule has 1 radical (unpaired) electrons. The van der Waals surface area contributed by atoms with Crippen molar-refractivity contribution >= 4 is 0 Å². The third-order valence-electron chi connectivity index (χ3n) is 3.64. The normalized spacial score (nSPS) is 28.4. The van der Waals surface area contributed by atoms with Gasteiger partial charge in [0.1, 0.15) is 0 Å². The highest BCUT2D eigenvalue weighted by molar-refractivity contribution is 4.81. The Bertz CT molecular complexity index is 201. The molecule has 0 saturated carbocycles. The fourth-order valence-electron chi connectivity index (χ4n) is 2.55. The van der Waals surface area contributed by atoms with Crippen LogP contribution in [0.2, 0.25) is 0 Å². The van der Waals surface area contributed by atoms with Gasteiger partial charge in [0.05, 0.1) is 12.8 Å². The van der Waals surface area contributed by atoms with Gasteiger partial charge < -0.3 is 10.2 Å². The zero-order valence-electron chi connectivity index (χ0n) is 10.6. The largest absolute Gasteiger partial charge is 0.312 e. The second-order valence-corrected chi connectivity index (χ2v) is 4.86. The monoisotopic (exact) mass is 243 g/mol. The molecule has 1 unspecified atom stereocenters. The molecule has 2 aliphatic heterocycles. The van der Waals surface area contributed by atoms with Crippen molar-refractivity contribution in [2.24, 2.45) is 0 Å². The second-order valence-electron chi connectivity index (χ2n) is 4.86. The molecule has 1 N–H and O–H groups in total. The lowest BCUT2D eigenvalue weighted by molar-refractivity contribution is 0.0714. The SMILES string of the molecule is FCCCCN1CCN(C2CNCC[N]2)CC1. The summed E-state index contributed by atoms with van der Waals surface area (Å²) in [5, 5.41) is 8.04. The minimum atomic E-state index is -0.174. The molecule has 4 nitrogen and oxygen atoms in total. The summed E-state index contributed by atoms with van der Waals surface area (Å²) in [4.78, 5) is 4.92. The molecule has 99 valence electrons. The molecule has 0 aromatic carbocycles. The summed E-state index contributed by atoms with van der Waals surface area (Å²) in [7, 11) is 0. The fourth-order valence-corrected chi connectivity index (χ4v) is 2.55. The van der Waals surface area contributed by atoms with Crippen molar-refractivity contribution < 1.29 is 4.39 Å². The topological polar surface area (TPSA) is 32.6 Å². The average molecular weight is 243 g/mol. The zero-order chi connectivity index (χ0) is 11.9. The number of nitrogens with one attached hydrogen (secondary N) is 1. The molecule has 2 heterocycles. The summed E-state index contributed by atoms with van der Waals surface area (Å²) in [5.74, 6) is 0. The lowest BCUT2D eigenvalue weighted by Crippen LogP contribution is -2.58. The molecule has 0 amide bonds. The smallest absolute Gasteiger partial charge is 0.0894 e. The standard InChI is InChI=1S/C12H24FN4/c13-3-1-2-6-16-7-9-17(10-8-16)12-11-14-4-5-15-12/h12,14H,1-11H2. The maximum atomic E-state index is 12.0. The van der Waals surface area contributed by atoms with E-state index in [1.165, 1.54) is 0 Å². The Morgan fingerprint density at radius 1 is 1.18 bits per heavy atom. The third-order valence-corrected chi connectivity index (χ3v) is 3.64. The highest BCUT2D eigenvalue weighted by atomic mass is 19.1. The van der Waals surface area contributed by atoms with E-state index in [0.29, 0.717) is 12.6 Å². The third kappa shape index (κ3) is 4.17. The Hall–Kier alpha value is -0.230. The number of halogens is 1.